The highest BCUT2D eigenvalue weighted by atomic mass is 35.5. The van der Waals surface area contributed by atoms with Crippen LogP contribution in [0.5, 0.6) is 0 Å². The Morgan fingerprint density at radius 1 is 1.12 bits per heavy atom. The highest BCUT2D eigenvalue weighted by molar-refractivity contribution is 6.31. The number of halogens is 1. The molecule has 0 saturated heterocycles. The molecule has 2 nitrogen and oxygen atoms in total. The molecule has 0 amide bonds. The van der Waals surface area contributed by atoms with Crippen LogP contribution in [-0.2, 0) is 0 Å². The third kappa shape index (κ3) is 1.69. The monoisotopic (exact) mass is 234 g/mol. The Hall–Kier alpha value is -1.41. The van der Waals surface area contributed by atoms with E-state index in [1.807, 2.05) is 39.0 Å². The van der Waals surface area contributed by atoms with Gasteiger partial charge in [-0.1, -0.05) is 17.7 Å². The summed E-state index contributed by atoms with van der Waals surface area (Å²) in [5.41, 5.74) is 11.0. The molecule has 3 heteroatoms. The van der Waals surface area contributed by atoms with E-state index in [9.17, 15) is 0 Å². The van der Waals surface area contributed by atoms with Crippen LogP contribution in [0, 0.1) is 20.8 Å². The number of anilines is 1. The molecule has 2 aromatic rings. The van der Waals surface area contributed by atoms with E-state index < -0.39 is 0 Å². The Labute approximate surface area is 101 Å². The molecule has 0 saturated carbocycles. The van der Waals surface area contributed by atoms with Gasteiger partial charge in [-0.05, 0) is 44.5 Å². The third-order valence-electron chi connectivity index (χ3n) is 2.89. The fraction of sp³-hybridized carbons (Fsp3) is 0.231. The van der Waals surface area contributed by atoms with E-state index in [1.165, 1.54) is 0 Å². The van der Waals surface area contributed by atoms with Crippen LogP contribution >= 0.6 is 11.6 Å². The van der Waals surface area contributed by atoms with E-state index in [2.05, 4.69) is 10.6 Å². The first-order chi connectivity index (χ1) is 7.50. The molecule has 1 aromatic heterocycles. The number of aryl methyl sites for hydroxylation is 2. The SMILES string of the molecule is Cc1ccc(-n2c(C)cc(Cl)c2C)cc1N. The maximum absolute atomic E-state index is 6.10. The lowest BCUT2D eigenvalue weighted by atomic mass is 10.2. The Bertz CT molecular complexity index is 541. The number of aromatic nitrogens is 1. The fourth-order valence-corrected chi connectivity index (χ4v) is 2.13. The topological polar surface area (TPSA) is 30.9 Å². The second-order valence-corrected chi connectivity index (χ2v) is 4.50. The quantitative estimate of drug-likeness (QED) is 0.751. The molecule has 0 aliphatic heterocycles. The van der Waals surface area contributed by atoms with Crippen molar-refractivity contribution < 1.29 is 0 Å². The molecule has 0 aliphatic rings. The Morgan fingerprint density at radius 3 is 2.31 bits per heavy atom. The minimum Gasteiger partial charge on any atom is -0.398 e. The lowest BCUT2D eigenvalue weighted by Gasteiger charge is -2.11. The van der Waals surface area contributed by atoms with Crippen LogP contribution in [0.2, 0.25) is 5.02 Å². The predicted octanol–water partition coefficient (Wildman–Crippen LogP) is 3.64. The van der Waals surface area contributed by atoms with Gasteiger partial charge in [-0.25, -0.2) is 0 Å². The molecule has 0 fully saturated rings. The maximum atomic E-state index is 6.10. The smallest absolute Gasteiger partial charge is 0.0618 e. The van der Waals surface area contributed by atoms with Crippen molar-refractivity contribution in [3.05, 3.63) is 46.2 Å². The number of hydrogen-bond acceptors (Lipinski definition) is 1. The summed E-state index contributed by atoms with van der Waals surface area (Å²) in [5.74, 6) is 0. The summed E-state index contributed by atoms with van der Waals surface area (Å²) in [4.78, 5) is 0. The first-order valence-corrected chi connectivity index (χ1v) is 5.59. The lowest BCUT2D eigenvalue weighted by Crippen LogP contribution is -2.00. The molecule has 1 heterocycles. The van der Waals surface area contributed by atoms with Crippen molar-refractivity contribution in [3.8, 4) is 5.69 Å². The van der Waals surface area contributed by atoms with Gasteiger partial charge in [-0.3, -0.25) is 0 Å². The van der Waals surface area contributed by atoms with Crippen LogP contribution in [0.15, 0.2) is 24.3 Å². The molecular formula is C13H15ClN2. The molecule has 2 rings (SSSR count). The molecule has 1 aromatic carbocycles. The second-order valence-electron chi connectivity index (χ2n) is 4.10. The largest absolute Gasteiger partial charge is 0.398 e. The molecular weight excluding hydrogens is 220 g/mol. The van der Waals surface area contributed by atoms with Gasteiger partial charge in [0.15, 0.2) is 0 Å². The van der Waals surface area contributed by atoms with Crippen LogP contribution in [0.1, 0.15) is 17.0 Å². The molecule has 0 aliphatic carbocycles. The standard InChI is InChI=1S/C13H15ClN2/c1-8-4-5-11(7-13(8)15)16-9(2)6-12(14)10(16)3/h4-7H,15H2,1-3H3. The zero-order chi connectivity index (χ0) is 11.9. The minimum absolute atomic E-state index is 0.789. The molecule has 0 unspecified atom stereocenters. The molecule has 84 valence electrons. The summed E-state index contributed by atoms with van der Waals surface area (Å²) >= 11 is 6.10. The second kappa shape index (κ2) is 3.87. The van der Waals surface area contributed by atoms with Gasteiger partial charge in [-0.15, -0.1) is 0 Å². The van der Waals surface area contributed by atoms with Crippen molar-refractivity contribution in [2.75, 3.05) is 5.73 Å². The summed E-state index contributed by atoms with van der Waals surface area (Å²) in [6.07, 6.45) is 0. The van der Waals surface area contributed by atoms with E-state index in [-0.39, 0.29) is 0 Å². The summed E-state index contributed by atoms with van der Waals surface area (Å²) in [7, 11) is 0. The van der Waals surface area contributed by atoms with Gasteiger partial charge in [-0.2, -0.15) is 0 Å². The predicted molar refractivity (Wildman–Crippen MR) is 69.4 cm³/mol. The van der Waals surface area contributed by atoms with Crippen molar-refractivity contribution in [2.24, 2.45) is 0 Å². The number of rotatable bonds is 1. The van der Waals surface area contributed by atoms with Crippen molar-refractivity contribution in [1.29, 1.82) is 0 Å². The Balaban J connectivity index is 2.63. The molecule has 0 bridgehead atoms. The number of nitrogens with zero attached hydrogens (tertiary/aromatic N) is 1. The van der Waals surface area contributed by atoms with Crippen LogP contribution in [-0.4, -0.2) is 4.57 Å². The highest BCUT2D eigenvalue weighted by Crippen LogP contribution is 2.26. The van der Waals surface area contributed by atoms with Crippen LogP contribution < -0.4 is 5.73 Å². The Kier molecular flexibility index (Phi) is 2.68. The average molecular weight is 235 g/mol. The van der Waals surface area contributed by atoms with Crippen LogP contribution in [0.3, 0.4) is 0 Å². The molecule has 2 N–H and O–H groups in total. The summed E-state index contributed by atoms with van der Waals surface area (Å²) in [5, 5.41) is 0.789. The van der Waals surface area contributed by atoms with Gasteiger partial charge in [0.1, 0.15) is 0 Å². The van der Waals surface area contributed by atoms with Crippen LogP contribution in [0.4, 0.5) is 5.69 Å². The first kappa shape index (κ1) is 11.1. The normalized spacial score (nSPS) is 10.8. The van der Waals surface area contributed by atoms with Gasteiger partial charge in [0.05, 0.1) is 5.02 Å². The molecule has 0 radical (unpaired) electrons. The lowest BCUT2D eigenvalue weighted by molar-refractivity contribution is 0.966. The number of benzene rings is 1. The zero-order valence-electron chi connectivity index (χ0n) is 9.71. The van der Waals surface area contributed by atoms with E-state index in [1.54, 1.807) is 0 Å². The summed E-state index contributed by atoms with van der Waals surface area (Å²) in [6, 6.07) is 8.03. The molecule has 16 heavy (non-hydrogen) atoms. The Morgan fingerprint density at radius 2 is 1.81 bits per heavy atom. The van der Waals surface area contributed by atoms with Crippen LogP contribution in [0.25, 0.3) is 5.69 Å². The van der Waals surface area contributed by atoms with Crippen molar-refractivity contribution in [1.82, 2.24) is 4.57 Å². The van der Waals surface area contributed by atoms with Crippen molar-refractivity contribution in [3.63, 3.8) is 0 Å². The van der Waals surface area contributed by atoms with E-state index in [0.29, 0.717) is 0 Å². The van der Waals surface area contributed by atoms with Gasteiger partial charge in [0.2, 0.25) is 0 Å². The van der Waals surface area contributed by atoms with Gasteiger partial charge in [0.25, 0.3) is 0 Å². The summed E-state index contributed by atoms with van der Waals surface area (Å²) < 4.78 is 2.11. The average Bonchev–Trinajstić information content (AvgIpc) is 2.47. The number of hydrogen-bond donors (Lipinski definition) is 1. The molecule has 0 spiro atoms. The van der Waals surface area contributed by atoms with Gasteiger partial charge in [0, 0.05) is 22.8 Å². The third-order valence-corrected chi connectivity index (χ3v) is 3.27. The van der Waals surface area contributed by atoms with E-state index in [4.69, 9.17) is 17.3 Å². The van der Waals surface area contributed by atoms with Gasteiger partial charge >= 0.3 is 0 Å². The maximum Gasteiger partial charge on any atom is 0.0618 e. The number of nitrogens with two attached hydrogens (primary N) is 1. The molecule has 0 atom stereocenters. The van der Waals surface area contributed by atoms with Crippen molar-refractivity contribution in [2.45, 2.75) is 20.8 Å². The zero-order valence-corrected chi connectivity index (χ0v) is 10.5. The van der Waals surface area contributed by atoms with E-state index in [0.717, 1.165) is 33.3 Å². The fourth-order valence-electron chi connectivity index (χ4n) is 1.89. The summed E-state index contributed by atoms with van der Waals surface area (Å²) in [6.45, 7) is 6.04. The van der Waals surface area contributed by atoms with Gasteiger partial charge < -0.3 is 10.3 Å². The van der Waals surface area contributed by atoms with Crippen molar-refractivity contribution >= 4 is 17.3 Å². The van der Waals surface area contributed by atoms with E-state index >= 15 is 0 Å². The number of nitrogen functional groups attached to an aromatic ring is 1. The minimum atomic E-state index is 0.789. The first-order valence-electron chi connectivity index (χ1n) is 5.21. The highest BCUT2D eigenvalue weighted by Gasteiger charge is 2.09.